The summed E-state index contributed by atoms with van der Waals surface area (Å²) in [7, 11) is 0. The highest BCUT2D eigenvalue weighted by Gasteiger charge is 2.22. The maximum Gasteiger partial charge on any atom is 0.158 e. The molecule has 0 aliphatic heterocycles. The number of hydrogen-bond acceptors (Lipinski definition) is 1. The summed E-state index contributed by atoms with van der Waals surface area (Å²) < 4.78 is 0. The molecule has 72 valence electrons. The largest absolute Gasteiger partial charge is 0.295 e. The van der Waals surface area contributed by atoms with E-state index in [0.717, 1.165) is 18.4 Å². The number of benzene rings is 1. The summed E-state index contributed by atoms with van der Waals surface area (Å²) in [6, 6.07) is 9.95. The van der Waals surface area contributed by atoms with Gasteiger partial charge < -0.3 is 0 Å². The molecule has 0 saturated heterocycles. The first kappa shape index (κ1) is 9.20. The summed E-state index contributed by atoms with van der Waals surface area (Å²) in [6.07, 6.45) is 7.01. The molecule has 1 fully saturated rings. The molecule has 0 radical (unpaired) electrons. The molecule has 0 spiro atoms. The summed E-state index contributed by atoms with van der Waals surface area (Å²) in [4.78, 5) is 11.5. The fourth-order valence-electron chi connectivity index (χ4n) is 1.57. The first-order chi connectivity index (χ1) is 6.86. The predicted molar refractivity (Wildman–Crippen MR) is 57.8 cm³/mol. The minimum atomic E-state index is 0.292. The lowest BCUT2D eigenvalue weighted by Crippen LogP contribution is -2.19. The van der Waals surface area contributed by atoms with Gasteiger partial charge in [-0.2, -0.15) is 0 Å². The van der Waals surface area contributed by atoms with Crippen LogP contribution in [-0.2, 0) is 4.79 Å². The molecule has 14 heavy (non-hydrogen) atoms. The van der Waals surface area contributed by atoms with E-state index < -0.39 is 0 Å². The van der Waals surface area contributed by atoms with Gasteiger partial charge in [0.25, 0.3) is 0 Å². The van der Waals surface area contributed by atoms with Crippen LogP contribution in [0.4, 0.5) is 0 Å². The summed E-state index contributed by atoms with van der Waals surface area (Å²) in [5, 5.41) is 0. The third-order valence-corrected chi connectivity index (χ3v) is 2.75. The van der Waals surface area contributed by atoms with Crippen molar-refractivity contribution in [2.24, 2.45) is 5.92 Å². The van der Waals surface area contributed by atoms with Gasteiger partial charge in [0.1, 0.15) is 0 Å². The van der Waals surface area contributed by atoms with E-state index in [0.29, 0.717) is 11.7 Å². The lowest BCUT2D eigenvalue weighted by molar-refractivity contribution is -0.120. The van der Waals surface area contributed by atoms with E-state index in [1.165, 1.54) is 6.42 Å². The van der Waals surface area contributed by atoms with Gasteiger partial charge in [-0.3, -0.25) is 4.79 Å². The first-order valence-electron chi connectivity index (χ1n) is 5.13. The highest BCUT2D eigenvalue weighted by Crippen LogP contribution is 2.27. The molecule has 0 aromatic heterocycles. The van der Waals surface area contributed by atoms with Crippen molar-refractivity contribution in [2.75, 3.05) is 0 Å². The van der Waals surface area contributed by atoms with Crippen LogP contribution in [0.15, 0.2) is 36.4 Å². The third kappa shape index (κ3) is 2.11. The summed E-state index contributed by atoms with van der Waals surface area (Å²) in [5.74, 6) is 0.607. The van der Waals surface area contributed by atoms with Crippen molar-refractivity contribution < 1.29 is 4.79 Å². The number of rotatable bonds is 3. The van der Waals surface area contributed by atoms with E-state index >= 15 is 0 Å². The Balaban J connectivity index is 1.96. The normalized spacial score (nSPS) is 16.9. The van der Waals surface area contributed by atoms with Crippen LogP contribution >= 0.6 is 0 Å². The zero-order valence-electron chi connectivity index (χ0n) is 8.15. The van der Waals surface area contributed by atoms with Crippen LogP contribution in [-0.4, -0.2) is 5.78 Å². The minimum absolute atomic E-state index is 0.292. The van der Waals surface area contributed by atoms with Crippen molar-refractivity contribution in [3.8, 4) is 0 Å². The Morgan fingerprint density at radius 3 is 2.50 bits per heavy atom. The van der Waals surface area contributed by atoms with Crippen LogP contribution in [0.25, 0.3) is 6.08 Å². The summed E-state index contributed by atoms with van der Waals surface area (Å²) in [5.41, 5.74) is 1.10. The fourth-order valence-corrected chi connectivity index (χ4v) is 1.57. The molecule has 1 aromatic rings. The van der Waals surface area contributed by atoms with E-state index in [-0.39, 0.29) is 0 Å². The molecule has 2 rings (SSSR count). The standard InChI is InChI=1S/C13H14O/c14-13(12-7-4-8-12)10-9-11-5-2-1-3-6-11/h1-3,5-6,9-10,12H,4,7-8H2. The average Bonchev–Trinajstić information content (AvgIpc) is 2.14. The Labute approximate surface area is 84.5 Å². The number of allylic oxidation sites excluding steroid dienone is 1. The summed E-state index contributed by atoms with van der Waals surface area (Å²) in [6.45, 7) is 0. The van der Waals surface area contributed by atoms with Crippen LogP contribution in [0.1, 0.15) is 24.8 Å². The van der Waals surface area contributed by atoms with Gasteiger partial charge in [0.05, 0.1) is 0 Å². The lowest BCUT2D eigenvalue weighted by Gasteiger charge is -2.21. The number of hydrogen-bond donors (Lipinski definition) is 0. The molecule has 0 bridgehead atoms. The Morgan fingerprint density at radius 2 is 1.93 bits per heavy atom. The number of carbonyl (C=O) groups is 1. The van der Waals surface area contributed by atoms with Crippen LogP contribution in [0.2, 0.25) is 0 Å². The van der Waals surface area contributed by atoms with Crippen molar-refractivity contribution in [2.45, 2.75) is 19.3 Å². The Kier molecular flexibility index (Phi) is 2.78. The molecule has 0 amide bonds. The second-order valence-corrected chi connectivity index (χ2v) is 3.77. The van der Waals surface area contributed by atoms with Gasteiger partial charge >= 0.3 is 0 Å². The van der Waals surface area contributed by atoms with Crippen molar-refractivity contribution >= 4 is 11.9 Å². The third-order valence-electron chi connectivity index (χ3n) is 2.75. The van der Waals surface area contributed by atoms with Crippen LogP contribution in [0.3, 0.4) is 0 Å². The predicted octanol–water partition coefficient (Wildman–Crippen LogP) is 3.07. The number of carbonyl (C=O) groups excluding carboxylic acids is 1. The smallest absolute Gasteiger partial charge is 0.158 e. The molecule has 0 heterocycles. The van der Waals surface area contributed by atoms with Gasteiger partial charge in [-0.05, 0) is 24.5 Å². The molecular formula is C13H14O. The first-order valence-corrected chi connectivity index (χ1v) is 5.13. The van der Waals surface area contributed by atoms with Crippen molar-refractivity contribution in [1.82, 2.24) is 0 Å². The SMILES string of the molecule is O=C(C=Cc1ccccc1)C1CCC1. The second-order valence-electron chi connectivity index (χ2n) is 3.77. The molecule has 1 nitrogen and oxygen atoms in total. The topological polar surface area (TPSA) is 17.1 Å². The van der Waals surface area contributed by atoms with E-state index in [4.69, 9.17) is 0 Å². The fraction of sp³-hybridized carbons (Fsp3) is 0.308. The monoisotopic (exact) mass is 186 g/mol. The van der Waals surface area contributed by atoms with E-state index in [9.17, 15) is 4.79 Å². The van der Waals surface area contributed by atoms with Crippen molar-refractivity contribution in [3.05, 3.63) is 42.0 Å². The molecule has 1 heteroatoms. The maximum atomic E-state index is 11.5. The molecular weight excluding hydrogens is 172 g/mol. The molecule has 0 unspecified atom stereocenters. The highest BCUT2D eigenvalue weighted by atomic mass is 16.1. The Bertz CT molecular complexity index is 334. The van der Waals surface area contributed by atoms with Crippen LogP contribution in [0.5, 0.6) is 0 Å². The Hall–Kier alpha value is -1.37. The molecule has 1 saturated carbocycles. The van der Waals surface area contributed by atoms with Gasteiger partial charge in [0.15, 0.2) is 5.78 Å². The van der Waals surface area contributed by atoms with Gasteiger partial charge in [-0.15, -0.1) is 0 Å². The summed E-state index contributed by atoms with van der Waals surface area (Å²) >= 11 is 0. The zero-order chi connectivity index (χ0) is 9.80. The average molecular weight is 186 g/mol. The van der Waals surface area contributed by atoms with Crippen molar-refractivity contribution in [1.29, 1.82) is 0 Å². The molecule has 1 aliphatic rings. The van der Waals surface area contributed by atoms with Gasteiger partial charge in [-0.25, -0.2) is 0 Å². The molecule has 1 aliphatic carbocycles. The molecule has 1 aromatic carbocycles. The van der Waals surface area contributed by atoms with Gasteiger partial charge in [0.2, 0.25) is 0 Å². The van der Waals surface area contributed by atoms with Crippen LogP contribution in [0, 0.1) is 5.92 Å². The van der Waals surface area contributed by atoms with E-state index in [1.54, 1.807) is 6.08 Å². The minimum Gasteiger partial charge on any atom is -0.295 e. The van der Waals surface area contributed by atoms with E-state index in [2.05, 4.69) is 0 Å². The highest BCUT2D eigenvalue weighted by molar-refractivity contribution is 5.95. The zero-order valence-corrected chi connectivity index (χ0v) is 8.15. The second kappa shape index (κ2) is 4.23. The number of ketones is 1. The quantitative estimate of drug-likeness (QED) is 0.663. The molecule has 0 atom stereocenters. The van der Waals surface area contributed by atoms with E-state index in [1.807, 2.05) is 36.4 Å². The van der Waals surface area contributed by atoms with Crippen LogP contribution < -0.4 is 0 Å². The van der Waals surface area contributed by atoms with Gasteiger partial charge in [0, 0.05) is 5.92 Å². The van der Waals surface area contributed by atoms with Gasteiger partial charge in [-0.1, -0.05) is 42.8 Å². The Morgan fingerprint density at radius 1 is 1.21 bits per heavy atom. The lowest BCUT2D eigenvalue weighted by atomic mass is 9.82. The molecule has 0 N–H and O–H groups in total. The maximum absolute atomic E-state index is 11.5. The van der Waals surface area contributed by atoms with Crippen molar-refractivity contribution in [3.63, 3.8) is 0 Å².